The average Bonchev–Trinajstić information content (AvgIpc) is 3.13. The predicted molar refractivity (Wildman–Crippen MR) is 133 cm³/mol. The van der Waals surface area contributed by atoms with E-state index in [0.29, 0.717) is 49.7 Å². The number of hydrogen-bond donors (Lipinski definition) is 3. The number of nitrogens with one attached hydrogen (secondary N) is 3. The summed E-state index contributed by atoms with van der Waals surface area (Å²) in [6, 6.07) is 1.92. The zero-order valence-electron chi connectivity index (χ0n) is 19.9. The van der Waals surface area contributed by atoms with Crippen molar-refractivity contribution in [3.8, 4) is 0 Å². The van der Waals surface area contributed by atoms with E-state index in [2.05, 4.69) is 45.6 Å². The molecule has 0 radical (unpaired) electrons. The van der Waals surface area contributed by atoms with Gasteiger partial charge in [0.25, 0.3) is 0 Å². The number of piperidine rings is 1. The fraction of sp³-hybridized carbons (Fsp3) is 0.667. The Kier molecular flexibility index (Phi) is 8.48. The number of fused-ring (bicyclic) bond motifs is 1. The van der Waals surface area contributed by atoms with Crippen LogP contribution >= 0.6 is 0 Å². The number of carbonyl (C=O) groups is 1. The lowest BCUT2D eigenvalue weighted by molar-refractivity contribution is 0.0899. The minimum Gasteiger partial charge on any atom is -0.361 e. The highest BCUT2D eigenvalue weighted by Gasteiger charge is 2.35. The quantitative estimate of drug-likeness (QED) is 0.341. The Morgan fingerprint density at radius 3 is 2.88 bits per heavy atom. The van der Waals surface area contributed by atoms with E-state index in [-0.39, 0.29) is 5.75 Å². The molecular weight excluding hydrogens is 460 g/mol. The molecule has 3 rings (SSSR count). The normalized spacial score (nSPS) is 19.5. The lowest BCUT2D eigenvalue weighted by Crippen LogP contribution is -2.58. The molecule has 0 spiro atoms. The molecular formula is C21H36N6O4SSi. The van der Waals surface area contributed by atoms with Gasteiger partial charge in [-0.3, -0.25) is 10.6 Å². The molecule has 2 aromatic rings. The Morgan fingerprint density at radius 1 is 1.36 bits per heavy atom. The van der Waals surface area contributed by atoms with Gasteiger partial charge in [-0.15, -0.1) is 0 Å². The van der Waals surface area contributed by atoms with Gasteiger partial charge in [-0.05, 0) is 37.9 Å². The maximum absolute atomic E-state index is 12.6. The summed E-state index contributed by atoms with van der Waals surface area (Å²) in [7, 11) is -4.48. The van der Waals surface area contributed by atoms with Gasteiger partial charge in [0.15, 0.2) is 21.3 Å². The second-order valence-corrected chi connectivity index (χ2v) is 17.5. The Hall–Kier alpha value is -2.02. The van der Waals surface area contributed by atoms with Gasteiger partial charge in [0.05, 0.1) is 18.0 Å². The van der Waals surface area contributed by atoms with Crippen LogP contribution in [0.4, 0.5) is 10.6 Å². The Labute approximate surface area is 196 Å². The van der Waals surface area contributed by atoms with Crippen LogP contribution in [-0.4, -0.2) is 67.4 Å². The van der Waals surface area contributed by atoms with Crippen LogP contribution in [0.1, 0.15) is 26.2 Å². The number of carbonyl (C=O) groups excluding carboxylic acids is 1. The topological polar surface area (TPSA) is 127 Å². The summed E-state index contributed by atoms with van der Waals surface area (Å²) in [6.07, 6.45) is 5.28. The van der Waals surface area contributed by atoms with Crippen LogP contribution in [0.2, 0.25) is 25.7 Å². The fourth-order valence-electron chi connectivity index (χ4n) is 3.78. The molecule has 3 N–H and O–H groups in total. The highest BCUT2D eigenvalue weighted by molar-refractivity contribution is 7.92. The molecule has 1 fully saturated rings. The predicted octanol–water partition coefficient (Wildman–Crippen LogP) is 2.77. The van der Waals surface area contributed by atoms with E-state index in [1.165, 1.54) is 6.20 Å². The molecule has 2 aromatic heterocycles. The van der Waals surface area contributed by atoms with E-state index in [1.54, 1.807) is 0 Å². The first-order chi connectivity index (χ1) is 15.6. The first-order valence-electron chi connectivity index (χ1n) is 11.5. The maximum Gasteiger partial charge on any atom is 0.320 e. The number of hydrogen-bond acceptors (Lipinski definition) is 7. The molecule has 2 unspecified atom stereocenters. The van der Waals surface area contributed by atoms with Crippen molar-refractivity contribution in [3.63, 3.8) is 0 Å². The smallest absolute Gasteiger partial charge is 0.320 e. The third-order valence-corrected chi connectivity index (χ3v) is 9.48. The van der Waals surface area contributed by atoms with Crippen molar-refractivity contribution in [1.82, 2.24) is 25.2 Å². The van der Waals surface area contributed by atoms with Crippen LogP contribution in [0.15, 0.2) is 18.5 Å². The summed E-state index contributed by atoms with van der Waals surface area (Å²) >= 11 is 0. The molecule has 2 atom stereocenters. The maximum atomic E-state index is 12.6. The summed E-state index contributed by atoms with van der Waals surface area (Å²) in [5, 5.41) is 7.75. The van der Waals surface area contributed by atoms with Crippen LogP contribution < -0.4 is 16.0 Å². The van der Waals surface area contributed by atoms with Gasteiger partial charge >= 0.3 is 6.03 Å². The van der Waals surface area contributed by atoms with Gasteiger partial charge in [-0.1, -0.05) is 26.6 Å². The number of ether oxygens (including phenoxy) is 1. The van der Waals surface area contributed by atoms with Crippen molar-refractivity contribution in [2.45, 2.75) is 70.0 Å². The zero-order valence-corrected chi connectivity index (χ0v) is 21.7. The van der Waals surface area contributed by atoms with Gasteiger partial charge in [0.1, 0.15) is 17.6 Å². The summed E-state index contributed by atoms with van der Waals surface area (Å²) in [6.45, 7) is 10.5. The summed E-state index contributed by atoms with van der Waals surface area (Å²) in [5.41, 5.74) is 1.32. The van der Waals surface area contributed by atoms with E-state index in [4.69, 9.17) is 4.74 Å². The third kappa shape index (κ3) is 7.23. The van der Waals surface area contributed by atoms with Crippen LogP contribution in [0.3, 0.4) is 0 Å². The van der Waals surface area contributed by atoms with Crippen LogP contribution in [-0.2, 0) is 21.3 Å². The molecule has 0 saturated carbocycles. The van der Waals surface area contributed by atoms with Crippen LogP contribution in [0.5, 0.6) is 0 Å². The molecule has 0 bridgehead atoms. The number of urea groups is 1. The van der Waals surface area contributed by atoms with Gasteiger partial charge in [0.2, 0.25) is 0 Å². The highest BCUT2D eigenvalue weighted by Crippen LogP contribution is 2.17. The summed E-state index contributed by atoms with van der Waals surface area (Å²) in [5.74, 6) is 0.389. The molecule has 184 valence electrons. The Bertz CT molecular complexity index is 1050. The van der Waals surface area contributed by atoms with E-state index in [0.717, 1.165) is 12.5 Å². The van der Waals surface area contributed by atoms with Crippen molar-refractivity contribution in [2.24, 2.45) is 0 Å². The summed E-state index contributed by atoms with van der Waals surface area (Å²) < 4.78 is 32.8. The van der Waals surface area contributed by atoms with E-state index >= 15 is 0 Å². The average molecular weight is 497 g/mol. The number of nitrogens with zero attached hydrogens (tertiary/aromatic N) is 3. The number of rotatable bonds is 10. The fourth-order valence-corrected chi connectivity index (χ4v) is 6.44. The number of sulfone groups is 1. The molecule has 1 aliphatic heterocycles. The Balaban J connectivity index is 1.59. The number of amides is 2. The molecule has 3 heterocycles. The van der Waals surface area contributed by atoms with Crippen molar-refractivity contribution in [3.05, 3.63) is 18.5 Å². The number of anilines is 1. The van der Waals surface area contributed by atoms with Crippen molar-refractivity contribution in [1.29, 1.82) is 0 Å². The van der Waals surface area contributed by atoms with Crippen molar-refractivity contribution < 1.29 is 17.9 Å². The third-order valence-electron chi connectivity index (χ3n) is 5.53. The van der Waals surface area contributed by atoms with Crippen molar-refractivity contribution in [2.75, 3.05) is 24.2 Å². The molecule has 12 heteroatoms. The molecule has 10 nitrogen and oxygen atoms in total. The second kappa shape index (κ2) is 10.9. The first kappa shape index (κ1) is 25.6. The van der Waals surface area contributed by atoms with Gasteiger partial charge < -0.3 is 14.6 Å². The largest absolute Gasteiger partial charge is 0.361 e. The van der Waals surface area contributed by atoms with Gasteiger partial charge in [0, 0.05) is 20.9 Å². The molecule has 0 aromatic carbocycles. The monoisotopic (exact) mass is 496 g/mol. The van der Waals surface area contributed by atoms with E-state index in [9.17, 15) is 13.2 Å². The minimum absolute atomic E-state index is 0.0887. The lowest BCUT2D eigenvalue weighted by Gasteiger charge is -2.32. The molecule has 0 aliphatic carbocycles. The first-order valence-corrected chi connectivity index (χ1v) is 16.9. The van der Waals surface area contributed by atoms with Gasteiger partial charge in [-0.25, -0.2) is 23.2 Å². The molecule has 33 heavy (non-hydrogen) atoms. The summed E-state index contributed by atoms with van der Waals surface area (Å²) in [4.78, 5) is 21.5. The van der Waals surface area contributed by atoms with E-state index in [1.807, 2.05) is 23.8 Å². The molecule has 1 saturated heterocycles. The second-order valence-electron chi connectivity index (χ2n) is 9.69. The highest BCUT2D eigenvalue weighted by atomic mass is 32.2. The van der Waals surface area contributed by atoms with E-state index < -0.39 is 35.4 Å². The SMILES string of the molecule is CCCS(=O)(=O)C1NCCCC1NC(=O)Nc1cnc2c(ccn2COCC[Si](C)(C)C)n1. The Morgan fingerprint density at radius 2 is 2.15 bits per heavy atom. The molecule has 2 amide bonds. The van der Waals surface area contributed by atoms with Crippen molar-refractivity contribution >= 4 is 40.9 Å². The van der Waals surface area contributed by atoms with Gasteiger partial charge in [-0.2, -0.15) is 0 Å². The van der Waals surface area contributed by atoms with Crippen LogP contribution in [0, 0.1) is 0 Å². The number of aromatic nitrogens is 3. The zero-order chi connectivity index (χ0) is 24.1. The molecule has 1 aliphatic rings. The minimum atomic E-state index is -3.34. The van der Waals surface area contributed by atoms with Crippen LogP contribution in [0.25, 0.3) is 11.2 Å². The standard InChI is InChI=1S/C21H36N6O4SSi/c1-5-12-32(29,30)20-17(7-6-9-22-20)25-21(28)26-18-14-23-19-16(24-18)8-10-27(19)15-31-11-13-33(2,3)4/h8,10,14,17,20,22H,5-7,9,11-13,15H2,1-4H3,(H2,24,25,26,28). The lowest BCUT2D eigenvalue weighted by atomic mass is 10.1.